The number of carbonyl (C=O) groups excluding carboxylic acids is 3. The summed E-state index contributed by atoms with van der Waals surface area (Å²) in [6, 6.07) is 4.72. The van der Waals surface area contributed by atoms with Gasteiger partial charge in [0.05, 0.1) is 27.6 Å². The normalized spacial score (nSPS) is 33.5. The number of hydrogen-bond acceptors (Lipinski definition) is 3. The summed E-state index contributed by atoms with van der Waals surface area (Å²) in [6.45, 7) is 0. The molecule has 3 saturated carbocycles. The number of imide groups is 1. The molecule has 1 aromatic carbocycles. The predicted octanol–water partition coefficient (Wildman–Crippen LogP) is 3.10. The molecule has 0 spiro atoms. The number of rotatable bonds is 1. The number of Topliss-reactive ketones (excluding diaryl/α,β-unsaturated/α-hetero) is 1. The molecule has 1 aromatic rings. The van der Waals surface area contributed by atoms with Crippen molar-refractivity contribution in [1.29, 1.82) is 0 Å². The molecule has 5 rings (SSSR count). The molecular formula is C16H13Cl2NO3. The van der Waals surface area contributed by atoms with E-state index in [2.05, 4.69) is 0 Å². The van der Waals surface area contributed by atoms with Crippen molar-refractivity contribution in [3.63, 3.8) is 0 Å². The molecule has 0 unspecified atom stereocenters. The van der Waals surface area contributed by atoms with Gasteiger partial charge in [0.25, 0.3) is 0 Å². The maximum atomic E-state index is 12.8. The van der Waals surface area contributed by atoms with Gasteiger partial charge in [-0.05, 0) is 37.0 Å². The minimum atomic E-state index is -0.484. The fraction of sp³-hybridized carbons (Fsp3) is 0.438. The van der Waals surface area contributed by atoms with Gasteiger partial charge in [-0.3, -0.25) is 14.4 Å². The Hall–Kier alpha value is -1.39. The lowest BCUT2D eigenvalue weighted by Crippen LogP contribution is -2.46. The first kappa shape index (κ1) is 14.2. The average Bonchev–Trinajstić information content (AvgIpc) is 2.76. The lowest BCUT2D eigenvalue weighted by molar-refractivity contribution is -0.143. The number of benzene rings is 1. The van der Waals surface area contributed by atoms with E-state index in [-0.39, 0.29) is 35.4 Å². The largest absolute Gasteiger partial charge is 0.299 e. The molecule has 0 N–H and O–H groups in total. The van der Waals surface area contributed by atoms with Gasteiger partial charge in [0.15, 0.2) is 0 Å². The molecule has 6 heteroatoms. The molecule has 114 valence electrons. The third-order valence-corrected chi connectivity index (χ3v) is 5.97. The van der Waals surface area contributed by atoms with Gasteiger partial charge in [0.1, 0.15) is 5.78 Å². The van der Waals surface area contributed by atoms with E-state index in [0.717, 1.165) is 12.8 Å². The van der Waals surface area contributed by atoms with E-state index in [1.807, 2.05) is 0 Å². The zero-order chi connectivity index (χ0) is 15.6. The molecule has 22 heavy (non-hydrogen) atoms. The summed E-state index contributed by atoms with van der Waals surface area (Å²) in [5.74, 6) is -1.45. The Bertz CT molecular complexity index is 717. The third-order valence-electron chi connectivity index (χ3n) is 5.23. The molecule has 2 bridgehead atoms. The van der Waals surface area contributed by atoms with Crippen LogP contribution in [0.3, 0.4) is 0 Å². The smallest absolute Gasteiger partial charge is 0.238 e. The quantitative estimate of drug-likeness (QED) is 0.740. The van der Waals surface area contributed by atoms with E-state index in [1.165, 1.54) is 11.0 Å². The van der Waals surface area contributed by atoms with Crippen molar-refractivity contribution in [1.82, 2.24) is 0 Å². The Morgan fingerprint density at radius 1 is 0.955 bits per heavy atom. The van der Waals surface area contributed by atoms with E-state index in [1.54, 1.807) is 12.1 Å². The Morgan fingerprint density at radius 2 is 1.68 bits per heavy atom. The summed E-state index contributed by atoms with van der Waals surface area (Å²) in [6.07, 6.45) is 2.00. The fourth-order valence-electron chi connectivity index (χ4n) is 4.26. The standard InChI is InChI=1S/C16H13Cl2NO3/c17-10-4-2-8(6-11(10)18)19-15(21)13-7-1-3-9(12(20)5-7)14(13)16(19)22/h2,4,6-7,9,13-14H,1,3,5H2/t7-,9+,13+,14-/m1/s1. The SMILES string of the molecule is O=C1C[C@H]2CC[C@@H]1[C@H]1C(=O)N(c3ccc(Cl)c(Cl)c3)C(=O)[C@@H]21. The Morgan fingerprint density at radius 3 is 2.36 bits per heavy atom. The zero-order valence-corrected chi connectivity index (χ0v) is 13.1. The minimum absolute atomic E-state index is 0.00622. The number of fused-ring (bicyclic) bond motifs is 2. The number of ketones is 1. The molecular weight excluding hydrogens is 325 g/mol. The summed E-state index contributed by atoms with van der Waals surface area (Å²) < 4.78 is 0. The summed E-state index contributed by atoms with van der Waals surface area (Å²) >= 11 is 11.9. The first-order valence-corrected chi connectivity index (χ1v) is 8.10. The van der Waals surface area contributed by atoms with Gasteiger partial charge in [-0.1, -0.05) is 23.2 Å². The van der Waals surface area contributed by atoms with Gasteiger partial charge in [-0.2, -0.15) is 0 Å². The molecule has 0 aromatic heterocycles. The van der Waals surface area contributed by atoms with Crippen molar-refractivity contribution >= 4 is 46.5 Å². The van der Waals surface area contributed by atoms with Crippen molar-refractivity contribution in [3.8, 4) is 0 Å². The zero-order valence-electron chi connectivity index (χ0n) is 11.6. The van der Waals surface area contributed by atoms with Crippen molar-refractivity contribution in [3.05, 3.63) is 28.2 Å². The maximum absolute atomic E-state index is 12.8. The Labute approximate surface area is 137 Å². The van der Waals surface area contributed by atoms with Crippen molar-refractivity contribution in [2.24, 2.45) is 23.7 Å². The van der Waals surface area contributed by atoms with Crippen LogP contribution in [0.2, 0.25) is 10.0 Å². The highest BCUT2D eigenvalue weighted by atomic mass is 35.5. The number of hydrogen-bond donors (Lipinski definition) is 0. The third kappa shape index (κ3) is 1.80. The first-order valence-electron chi connectivity index (χ1n) is 7.34. The molecule has 4 fully saturated rings. The van der Waals surface area contributed by atoms with Gasteiger partial charge in [0, 0.05) is 12.3 Å². The van der Waals surface area contributed by atoms with Gasteiger partial charge >= 0.3 is 0 Å². The fourth-order valence-corrected chi connectivity index (χ4v) is 4.55. The van der Waals surface area contributed by atoms with Gasteiger partial charge < -0.3 is 0 Å². The minimum Gasteiger partial charge on any atom is -0.299 e. The van der Waals surface area contributed by atoms with E-state index < -0.39 is 5.92 Å². The first-order chi connectivity index (χ1) is 10.5. The number of carbonyl (C=O) groups is 3. The van der Waals surface area contributed by atoms with Crippen LogP contribution in [0, 0.1) is 23.7 Å². The van der Waals surface area contributed by atoms with Crippen LogP contribution in [0.15, 0.2) is 18.2 Å². The van der Waals surface area contributed by atoms with Crippen molar-refractivity contribution < 1.29 is 14.4 Å². The molecule has 1 heterocycles. The highest BCUT2D eigenvalue weighted by molar-refractivity contribution is 6.42. The van der Waals surface area contributed by atoms with Crippen molar-refractivity contribution in [2.75, 3.05) is 4.90 Å². The van der Waals surface area contributed by atoms with Crippen LogP contribution in [-0.2, 0) is 14.4 Å². The molecule has 2 amide bonds. The monoisotopic (exact) mass is 337 g/mol. The summed E-state index contributed by atoms with van der Waals surface area (Å²) in [5, 5.41) is 0.672. The molecule has 1 aliphatic heterocycles. The summed E-state index contributed by atoms with van der Waals surface area (Å²) in [4.78, 5) is 38.8. The van der Waals surface area contributed by atoms with Crippen LogP contribution in [0.1, 0.15) is 19.3 Å². The van der Waals surface area contributed by atoms with Crippen molar-refractivity contribution in [2.45, 2.75) is 19.3 Å². The average molecular weight is 338 g/mol. The van der Waals surface area contributed by atoms with Crippen LogP contribution < -0.4 is 4.90 Å². The lowest BCUT2D eigenvalue weighted by Gasteiger charge is -2.41. The lowest BCUT2D eigenvalue weighted by atomic mass is 9.59. The van der Waals surface area contributed by atoms with Crippen LogP contribution in [0.4, 0.5) is 5.69 Å². The molecule has 0 radical (unpaired) electrons. The Balaban J connectivity index is 1.77. The maximum Gasteiger partial charge on any atom is 0.238 e. The molecule has 4 atom stereocenters. The summed E-state index contributed by atoms with van der Waals surface area (Å²) in [5.41, 5.74) is 0.436. The van der Waals surface area contributed by atoms with Gasteiger partial charge in [-0.15, -0.1) is 0 Å². The highest BCUT2D eigenvalue weighted by Gasteiger charge is 2.60. The van der Waals surface area contributed by atoms with E-state index in [4.69, 9.17) is 23.2 Å². The molecule has 1 saturated heterocycles. The van der Waals surface area contributed by atoms with Gasteiger partial charge in [0.2, 0.25) is 11.8 Å². The number of nitrogens with zero attached hydrogens (tertiary/aromatic N) is 1. The molecule has 4 nitrogen and oxygen atoms in total. The second kappa shape index (κ2) is 4.80. The van der Waals surface area contributed by atoms with E-state index in [9.17, 15) is 14.4 Å². The van der Waals surface area contributed by atoms with Crippen LogP contribution in [-0.4, -0.2) is 17.6 Å². The highest BCUT2D eigenvalue weighted by Crippen LogP contribution is 2.52. The predicted molar refractivity (Wildman–Crippen MR) is 81.8 cm³/mol. The second-order valence-corrected chi connectivity index (χ2v) is 7.09. The van der Waals surface area contributed by atoms with E-state index >= 15 is 0 Å². The summed E-state index contributed by atoms with van der Waals surface area (Å²) in [7, 11) is 0. The van der Waals surface area contributed by atoms with Crippen LogP contribution in [0.5, 0.6) is 0 Å². The molecule has 4 aliphatic rings. The second-order valence-electron chi connectivity index (χ2n) is 6.28. The van der Waals surface area contributed by atoms with E-state index in [0.29, 0.717) is 22.2 Å². The number of amides is 2. The number of anilines is 1. The topological polar surface area (TPSA) is 54.5 Å². The number of halogens is 2. The van der Waals surface area contributed by atoms with Crippen LogP contribution in [0.25, 0.3) is 0 Å². The van der Waals surface area contributed by atoms with Crippen LogP contribution >= 0.6 is 23.2 Å². The van der Waals surface area contributed by atoms with Gasteiger partial charge in [-0.25, -0.2) is 4.90 Å². The molecule has 3 aliphatic carbocycles. The Kier molecular flexibility index (Phi) is 3.10.